The molecule has 2 heterocycles. The highest BCUT2D eigenvalue weighted by Gasteiger charge is 1.98. The summed E-state index contributed by atoms with van der Waals surface area (Å²) >= 11 is 3.34. The zero-order chi connectivity index (χ0) is 14.4. The lowest BCUT2D eigenvalue weighted by molar-refractivity contribution is -0.131. The van der Waals surface area contributed by atoms with Gasteiger partial charge in [-0.1, -0.05) is 0 Å². The van der Waals surface area contributed by atoms with Gasteiger partial charge in [-0.2, -0.15) is 0 Å². The average Bonchev–Trinajstić information content (AvgIpc) is 2.44. The van der Waals surface area contributed by atoms with Crippen molar-refractivity contribution in [2.45, 2.75) is 6.61 Å². The number of ether oxygens (including phenoxy) is 1. The summed E-state index contributed by atoms with van der Waals surface area (Å²) in [5, 5.41) is 8.51. The molecule has 0 aliphatic rings. The van der Waals surface area contributed by atoms with Crippen molar-refractivity contribution in [3.63, 3.8) is 0 Å². The molecule has 0 atom stereocenters. The smallest absolute Gasteiger partial charge is 0.328 e. The van der Waals surface area contributed by atoms with Crippen LogP contribution in [0, 0.1) is 0 Å². The minimum absolute atomic E-state index is 0.387. The molecule has 0 aromatic carbocycles. The number of aliphatic carboxylic acids is 1. The second-order valence-electron chi connectivity index (χ2n) is 3.89. The number of rotatable bonds is 5. The average molecular weight is 335 g/mol. The van der Waals surface area contributed by atoms with Crippen molar-refractivity contribution in [1.29, 1.82) is 0 Å². The zero-order valence-electron chi connectivity index (χ0n) is 10.4. The number of carbonyl (C=O) groups is 1. The number of hydrogen-bond acceptors (Lipinski definition) is 4. The number of aromatic nitrogens is 2. The Hall–Kier alpha value is -2.21. The van der Waals surface area contributed by atoms with Crippen molar-refractivity contribution >= 4 is 28.0 Å². The van der Waals surface area contributed by atoms with Crippen molar-refractivity contribution in [3.8, 4) is 5.75 Å². The maximum atomic E-state index is 10.4. The Balaban J connectivity index is 1.95. The molecule has 0 saturated heterocycles. The summed E-state index contributed by atoms with van der Waals surface area (Å²) in [6, 6.07) is 5.35. The van der Waals surface area contributed by atoms with Gasteiger partial charge in [0.2, 0.25) is 0 Å². The lowest BCUT2D eigenvalue weighted by atomic mass is 10.3. The Morgan fingerprint density at radius 1 is 1.35 bits per heavy atom. The fraction of sp³-hybridized carbons (Fsp3) is 0.0714. The van der Waals surface area contributed by atoms with E-state index in [9.17, 15) is 4.79 Å². The maximum absolute atomic E-state index is 10.4. The Labute approximate surface area is 124 Å². The van der Waals surface area contributed by atoms with Gasteiger partial charge in [0.25, 0.3) is 0 Å². The first-order valence-corrected chi connectivity index (χ1v) is 6.52. The molecule has 0 saturated carbocycles. The van der Waals surface area contributed by atoms with Crippen LogP contribution in [0.25, 0.3) is 6.08 Å². The van der Waals surface area contributed by atoms with E-state index in [1.807, 2.05) is 6.07 Å². The Kier molecular flexibility index (Phi) is 4.84. The zero-order valence-corrected chi connectivity index (χ0v) is 11.9. The topological polar surface area (TPSA) is 72.3 Å². The van der Waals surface area contributed by atoms with E-state index >= 15 is 0 Å². The minimum atomic E-state index is -1.01. The van der Waals surface area contributed by atoms with Crippen molar-refractivity contribution in [2.75, 3.05) is 0 Å². The summed E-state index contributed by atoms with van der Waals surface area (Å²) in [5.74, 6) is -0.397. The molecule has 5 nitrogen and oxygen atoms in total. The minimum Gasteiger partial charge on any atom is -0.487 e. The molecule has 102 valence electrons. The fourth-order valence-electron chi connectivity index (χ4n) is 1.43. The van der Waals surface area contributed by atoms with E-state index in [-0.39, 0.29) is 0 Å². The molecule has 1 N–H and O–H groups in total. The predicted octanol–water partition coefficient (Wildman–Crippen LogP) is 2.92. The first-order valence-electron chi connectivity index (χ1n) is 5.73. The van der Waals surface area contributed by atoms with Crippen LogP contribution in [0.1, 0.15) is 11.3 Å². The van der Waals surface area contributed by atoms with E-state index in [0.717, 1.165) is 16.1 Å². The lowest BCUT2D eigenvalue weighted by Crippen LogP contribution is -1.96. The number of hydrogen-bond donors (Lipinski definition) is 1. The molecule has 2 aromatic rings. The van der Waals surface area contributed by atoms with Crippen molar-refractivity contribution < 1.29 is 14.6 Å². The summed E-state index contributed by atoms with van der Waals surface area (Å²) < 4.78 is 6.46. The van der Waals surface area contributed by atoms with Gasteiger partial charge in [0.05, 0.1) is 11.9 Å². The van der Waals surface area contributed by atoms with Gasteiger partial charge in [-0.25, -0.2) is 4.79 Å². The standard InChI is InChI=1S/C14H11BrN2O3/c15-11-5-10(6-16-7-11)9-20-13-3-1-12(17-8-13)2-4-14(18)19/h1-8H,9H2,(H,18,19)/b4-2+. The molecule has 2 aromatic heterocycles. The van der Waals surface area contributed by atoms with Gasteiger partial charge >= 0.3 is 5.97 Å². The van der Waals surface area contributed by atoms with Crippen LogP contribution in [-0.2, 0) is 11.4 Å². The first-order chi connectivity index (χ1) is 9.63. The quantitative estimate of drug-likeness (QED) is 0.851. The number of pyridine rings is 2. The van der Waals surface area contributed by atoms with Crippen LogP contribution in [0.15, 0.2) is 47.3 Å². The van der Waals surface area contributed by atoms with E-state index in [4.69, 9.17) is 9.84 Å². The molecular weight excluding hydrogens is 324 g/mol. The highest BCUT2D eigenvalue weighted by atomic mass is 79.9. The fourth-order valence-corrected chi connectivity index (χ4v) is 1.85. The van der Waals surface area contributed by atoms with Crippen LogP contribution < -0.4 is 4.74 Å². The molecule has 20 heavy (non-hydrogen) atoms. The third-order valence-electron chi connectivity index (χ3n) is 2.32. The van der Waals surface area contributed by atoms with Gasteiger partial charge in [0, 0.05) is 28.5 Å². The first kappa shape index (κ1) is 14.2. The third-order valence-corrected chi connectivity index (χ3v) is 2.76. The summed E-state index contributed by atoms with van der Waals surface area (Å²) in [6.07, 6.45) is 7.43. The van der Waals surface area contributed by atoms with E-state index in [2.05, 4.69) is 25.9 Å². The second-order valence-corrected chi connectivity index (χ2v) is 4.81. The normalized spacial score (nSPS) is 10.7. The monoisotopic (exact) mass is 334 g/mol. The molecule has 0 aliphatic heterocycles. The molecule has 0 amide bonds. The molecule has 0 aliphatic carbocycles. The van der Waals surface area contributed by atoms with Gasteiger partial charge in [-0.05, 0) is 40.2 Å². The third kappa shape index (κ3) is 4.47. The van der Waals surface area contributed by atoms with Crippen LogP contribution in [0.2, 0.25) is 0 Å². The van der Waals surface area contributed by atoms with E-state index in [1.54, 1.807) is 30.7 Å². The molecule has 2 rings (SSSR count). The molecule has 0 fully saturated rings. The van der Waals surface area contributed by atoms with Gasteiger partial charge in [0.1, 0.15) is 12.4 Å². The van der Waals surface area contributed by atoms with E-state index < -0.39 is 5.97 Å². The van der Waals surface area contributed by atoms with Crippen LogP contribution in [0.3, 0.4) is 0 Å². The van der Waals surface area contributed by atoms with E-state index in [0.29, 0.717) is 18.1 Å². The Bertz CT molecular complexity index is 627. The lowest BCUT2D eigenvalue weighted by Gasteiger charge is -2.06. The molecular formula is C14H11BrN2O3. The van der Waals surface area contributed by atoms with Crippen molar-refractivity contribution in [3.05, 3.63) is 58.6 Å². The van der Waals surface area contributed by atoms with Crippen molar-refractivity contribution in [2.24, 2.45) is 0 Å². The summed E-state index contributed by atoms with van der Waals surface area (Å²) in [4.78, 5) is 18.5. The molecule has 0 unspecified atom stereocenters. The number of nitrogens with zero attached hydrogens (tertiary/aromatic N) is 2. The van der Waals surface area contributed by atoms with Crippen LogP contribution >= 0.6 is 15.9 Å². The number of halogens is 1. The van der Waals surface area contributed by atoms with Crippen molar-refractivity contribution in [1.82, 2.24) is 9.97 Å². The second kappa shape index (κ2) is 6.81. The highest BCUT2D eigenvalue weighted by Crippen LogP contribution is 2.14. The largest absolute Gasteiger partial charge is 0.487 e. The van der Waals surface area contributed by atoms with Gasteiger partial charge in [-0.3, -0.25) is 9.97 Å². The van der Waals surface area contributed by atoms with E-state index in [1.165, 1.54) is 6.08 Å². The predicted molar refractivity (Wildman–Crippen MR) is 77.2 cm³/mol. The maximum Gasteiger partial charge on any atom is 0.328 e. The Morgan fingerprint density at radius 2 is 2.20 bits per heavy atom. The SMILES string of the molecule is O=C(O)/C=C/c1ccc(OCc2cncc(Br)c2)cn1. The molecule has 0 radical (unpaired) electrons. The number of carboxylic acids is 1. The van der Waals surface area contributed by atoms with Gasteiger partial charge in [-0.15, -0.1) is 0 Å². The summed E-state index contributed by atoms with van der Waals surface area (Å²) in [7, 11) is 0. The number of carboxylic acid groups (broad SMARTS) is 1. The van der Waals surface area contributed by atoms with Gasteiger partial charge < -0.3 is 9.84 Å². The van der Waals surface area contributed by atoms with Crippen LogP contribution in [0.5, 0.6) is 5.75 Å². The molecule has 0 spiro atoms. The molecule has 6 heteroatoms. The van der Waals surface area contributed by atoms with Gasteiger partial charge in [0.15, 0.2) is 0 Å². The summed E-state index contributed by atoms with van der Waals surface area (Å²) in [6.45, 7) is 0.387. The Morgan fingerprint density at radius 3 is 2.85 bits per heavy atom. The highest BCUT2D eigenvalue weighted by molar-refractivity contribution is 9.10. The van der Waals surface area contributed by atoms with Crippen LogP contribution in [-0.4, -0.2) is 21.0 Å². The van der Waals surface area contributed by atoms with Crippen LogP contribution in [0.4, 0.5) is 0 Å². The molecule has 0 bridgehead atoms. The summed E-state index contributed by atoms with van der Waals surface area (Å²) in [5.41, 5.74) is 1.50.